The van der Waals surface area contributed by atoms with Gasteiger partial charge in [-0.3, -0.25) is 0 Å². The Hall–Kier alpha value is -1.52. The van der Waals surface area contributed by atoms with Crippen molar-refractivity contribution in [3.05, 3.63) is 12.7 Å². The van der Waals surface area contributed by atoms with E-state index >= 15 is 0 Å². The molecule has 0 radical (unpaired) electrons. The van der Waals surface area contributed by atoms with E-state index < -0.39 is 12.1 Å². The van der Waals surface area contributed by atoms with Crippen LogP contribution in [0.5, 0.6) is 0 Å². The first-order valence-corrected chi connectivity index (χ1v) is 3.20. The Labute approximate surface area is 69.9 Å². The van der Waals surface area contributed by atoms with Crippen LogP contribution in [0.3, 0.4) is 0 Å². The summed E-state index contributed by atoms with van der Waals surface area (Å²) in [5, 5.41) is 0. The van der Waals surface area contributed by atoms with Crippen molar-refractivity contribution < 1.29 is 23.8 Å². The number of rotatable bonds is 4. The average molecular weight is 174 g/mol. The number of carbonyl (C=O) groups is 2. The Morgan fingerprint density at radius 2 is 1.92 bits per heavy atom. The van der Waals surface area contributed by atoms with Crippen LogP contribution in [0, 0.1) is 0 Å². The highest BCUT2D eigenvalue weighted by Crippen LogP contribution is 1.84. The van der Waals surface area contributed by atoms with Gasteiger partial charge in [0, 0.05) is 6.08 Å². The van der Waals surface area contributed by atoms with Crippen LogP contribution in [0.1, 0.15) is 0 Å². The van der Waals surface area contributed by atoms with Crippen molar-refractivity contribution in [3.8, 4) is 0 Å². The summed E-state index contributed by atoms with van der Waals surface area (Å²) in [6.07, 6.45) is 0.225. The fourth-order valence-electron chi connectivity index (χ4n) is 0.385. The molecule has 12 heavy (non-hydrogen) atoms. The van der Waals surface area contributed by atoms with Crippen LogP contribution in [0.2, 0.25) is 0 Å². The second-order valence-electron chi connectivity index (χ2n) is 1.67. The van der Waals surface area contributed by atoms with Crippen molar-refractivity contribution in [3.63, 3.8) is 0 Å². The highest BCUT2D eigenvalue weighted by molar-refractivity contribution is 5.81. The van der Waals surface area contributed by atoms with Gasteiger partial charge in [0.1, 0.15) is 13.2 Å². The van der Waals surface area contributed by atoms with E-state index in [2.05, 4.69) is 20.8 Å². The maximum absolute atomic E-state index is 10.4. The smallest absolute Gasteiger partial charge is 0.459 e. The molecule has 0 spiro atoms. The first-order valence-electron chi connectivity index (χ1n) is 3.20. The Balaban J connectivity index is 3.27. The molecule has 0 saturated carbocycles. The van der Waals surface area contributed by atoms with Crippen molar-refractivity contribution >= 4 is 12.1 Å². The third-order valence-corrected chi connectivity index (χ3v) is 0.881. The molecule has 0 aliphatic carbocycles. The van der Waals surface area contributed by atoms with Gasteiger partial charge in [-0.05, 0) is 0 Å². The molecule has 0 rings (SSSR count). The van der Waals surface area contributed by atoms with Gasteiger partial charge in [0.25, 0.3) is 0 Å². The van der Waals surface area contributed by atoms with Crippen molar-refractivity contribution in [2.45, 2.75) is 0 Å². The quantitative estimate of drug-likeness (QED) is 0.353. The first-order chi connectivity index (χ1) is 5.70. The van der Waals surface area contributed by atoms with Gasteiger partial charge in [0.05, 0.1) is 7.11 Å². The molecule has 0 aromatic rings. The van der Waals surface area contributed by atoms with Crippen molar-refractivity contribution in [1.29, 1.82) is 0 Å². The van der Waals surface area contributed by atoms with E-state index in [0.717, 1.165) is 6.08 Å². The van der Waals surface area contributed by atoms with Crippen LogP contribution in [-0.4, -0.2) is 32.4 Å². The minimum atomic E-state index is -0.801. The summed E-state index contributed by atoms with van der Waals surface area (Å²) < 4.78 is 13.1. The average Bonchev–Trinajstić information content (AvgIpc) is 2.11. The van der Waals surface area contributed by atoms with E-state index in [1.54, 1.807) is 0 Å². The standard InChI is InChI=1S/C7H10O5/c1-3-6(8)11-4-5-12-7(9)10-2/h3H,1,4-5H2,2H3. The summed E-state index contributed by atoms with van der Waals surface area (Å²) in [4.78, 5) is 20.7. The minimum Gasteiger partial charge on any atom is -0.459 e. The van der Waals surface area contributed by atoms with Gasteiger partial charge in [-0.25, -0.2) is 9.59 Å². The van der Waals surface area contributed by atoms with E-state index in [-0.39, 0.29) is 13.2 Å². The predicted molar refractivity (Wildman–Crippen MR) is 39.5 cm³/mol. The fourth-order valence-corrected chi connectivity index (χ4v) is 0.385. The number of esters is 1. The molecule has 0 atom stereocenters. The van der Waals surface area contributed by atoms with E-state index in [0.29, 0.717) is 0 Å². The third kappa shape index (κ3) is 5.28. The number of ether oxygens (including phenoxy) is 3. The van der Waals surface area contributed by atoms with Gasteiger partial charge < -0.3 is 14.2 Å². The number of carbonyl (C=O) groups excluding carboxylic acids is 2. The third-order valence-electron chi connectivity index (χ3n) is 0.881. The molecule has 0 bridgehead atoms. The molecule has 0 amide bonds. The Morgan fingerprint density at radius 3 is 2.42 bits per heavy atom. The number of methoxy groups -OCH3 is 1. The minimum absolute atomic E-state index is 0.0000463. The highest BCUT2D eigenvalue weighted by atomic mass is 16.7. The first kappa shape index (κ1) is 10.5. The fraction of sp³-hybridized carbons (Fsp3) is 0.429. The zero-order valence-corrected chi connectivity index (χ0v) is 6.74. The van der Waals surface area contributed by atoms with Crippen LogP contribution >= 0.6 is 0 Å². The molecule has 0 aromatic heterocycles. The summed E-state index contributed by atoms with van der Waals surface area (Å²) in [5.41, 5.74) is 0. The molecular formula is C7H10O5. The SMILES string of the molecule is C=CC(=O)OCCOC(=O)OC. The molecule has 0 aromatic carbocycles. The summed E-state index contributed by atoms with van der Waals surface area (Å²) >= 11 is 0. The maximum Gasteiger partial charge on any atom is 0.508 e. The Morgan fingerprint density at radius 1 is 1.33 bits per heavy atom. The molecule has 68 valence electrons. The van der Waals surface area contributed by atoms with Gasteiger partial charge in [-0.1, -0.05) is 6.58 Å². The lowest BCUT2D eigenvalue weighted by Gasteiger charge is -2.02. The van der Waals surface area contributed by atoms with Crippen molar-refractivity contribution in [2.24, 2.45) is 0 Å². The molecule has 0 fully saturated rings. The normalized spacial score (nSPS) is 8.42. The molecule has 0 N–H and O–H groups in total. The van der Waals surface area contributed by atoms with Gasteiger partial charge >= 0.3 is 12.1 Å². The van der Waals surface area contributed by atoms with Crippen LogP contribution in [0.25, 0.3) is 0 Å². The van der Waals surface area contributed by atoms with Gasteiger partial charge in [-0.15, -0.1) is 0 Å². The molecule has 0 aliphatic heterocycles. The van der Waals surface area contributed by atoms with E-state index in [4.69, 9.17) is 0 Å². The van der Waals surface area contributed by atoms with Gasteiger partial charge in [0.15, 0.2) is 0 Å². The predicted octanol–water partition coefficient (Wildman–Crippen LogP) is 0.499. The Bertz CT molecular complexity index is 175. The molecule has 0 saturated heterocycles. The monoisotopic (exact) mass is 174 g/mol. The maximum atomic E-state index is 10.4. The summed E-state index contributed by atoms with van der Waals surface area (Å²) in [6, 6.07) is 0. The zero-order valence-electron chi connectivity index (χ0n) is 6.74. The second-order valence-corrected chi connectivity index (χ2v) is 1.67. The van der Waals surface area contributed by atoms with Crippen molar-refractivity contribution in [1.82, 2.24) is 0 Å². The van der Waals surface area contributed by atoms with Crippen LogP contribution in [0.4, 0.5) is 4.79 Å². The molecule has 5 nitrogen and oxygen atoms in total. The largest absolute Gasteiger partial charge is 0.508 e. The summed E-state index contributed by atoms with van der Waals surface area (Å²) in [6.45, 7) is 3.16. The number of hydrogen-bond acceptors (Lipinski definition) is 5. The molecule has 0 unspecified atom stereocenters. The topological polar surface area (TPSA) is 61.8 Å². The summed E-state index contributed by atoms with van der Waals surface area (Å²) in [5.74, 6) is -0.552. The van der Waals surface area contributed by atoms with Crippen LogP contribution in [-0.2, 0) is 19.0 Å². The lowest BCUT2D eigenvalue weighted by Crippen LogP contribution is -2.12. The van der Waals surface area contributed by atoms with Gasteiger partial charge in [0.2, 0.25) is 0 Å². The van der Waals surface area contributed by atoms with E-state index in [9.17, 15) is 9.59 Å². The second kappa shape index (κ2) is 6.21. The van der Waals surface area contributed by atoms with Gasteiger partial charge in [-0.2, -0.15) is 0 Å². The highest BCUT2D eigenvalue weighted by Gasteiger charge is 2.00. The Kier molecular flexibility index (Phi) is 5.42. The molecule has 0 heterocycles. The van der Waals surface area contributed by atoms with E-state index in [1.807, 2.05) is 0 Å². The summed E-state index contributed by atoms with van der Waals surface area (Å²) in [7, 11) is 1.19. The van der Waals surface area contributed by atoms with Crippen LogP contribution < -0.4 is 0 Å². The lowest BCUT2D eigenvalue weighted by molar-refractivity contribution is -0.138. The van der Waals surface area contributed by atoms with Crippen molar-refractivity contribution in [2.75, 3.05) is 20.3 Å². The molecular weight excluding hydrogens is 164 g/mol. The van der Waals surface area contributed by atoms with Crippen LogP contribution in [0.15, 0.2) is 12.7 Å². The zero-order chi connectivity index (χ0) is 9.40. The van der Waals surface area contributed by atoms with E-state index in [1.165, 1.54) is 7.11 Å². The number of hydrogen-bond donors (Lipinski definition) is 0. The lowest BCUT2D eigenvalue weighted by atomic mass is 10.6. The molecule has 0 aliphatic rings. The molecule has 5 heteroatoms.